The molecule has 152 valence electrons. The number of hydrogen-bond acceptors (Lipinski definition) is 4. The molecule has 3 N–H and O–H groups in total. The molecular formula is C20H12Cl2FN3O4. The Balaban J connectivity index is 1.81. The second-order valence-corrected chi connectivity index (χ2v) is 7.29. The minimum Gasteiger partial charge on any atom is -0.493 e. The first-order valence-electron chi connectivity index (χ1n) is 8.54. The van der Waals surface area contributed by atoms with Crippen molar-refractivity contribution in [1.82, 2.24) is 9.55 Å². The zero-order valence-corrected chi connectivity index (χ0v) is 16.4. The van der Waals surface area contributed by atoms with Crippen molar-refractivity contribution in [1.29, 1.82) is 0 Å². The minimum absolute atomic E-state index is 0.0413. The van der Waals surface area contributed by atoms with Gasteiger partial charge in [-0.1, -0.05) is 41.4 Å². The number of aliphatic imine (C=N–C) groups is 1. The summed E-state index contributed by atoms with van der Waals surface area (Å²) in [4.78, 5) is 30.7. The van der Waals surface area contributed by atoms with Crippen molar-refractivity contribution >= 4 is 52.7 Å². The highest BCUT2D eigenvalue weighted by atomic mass is 35.5. The maximum Gasteiger partial charge on any atom is 0.331 e. The van der Waals surface area contributed by atoms with E-state index in [4.69, 9.17) is 23.2 Å². The van der Waals surface area contributed by atoms with Gasteiger partial charge in [0.25, 0.3) is 0 Å². The SMILES string of the molecule is O=C(O)C(c1ccc(Cl)cc1)n1c(O)c(C=C2C=Nc3c2ccc(Cl)c3F)[nH]c1=O. The smallest absolute Gasteiger partial charge is 0.331 e. The van der Waals surface area contributed by atoms with Crippen LogP contribution in [0.15, 0.2) is 46.2 Å². The molecule has 0 saturated carbocycles. The van der Waals surface area contributed by atoms with Gasteiger partial charge in [-0.3, -0.25) is 4.99 Å². The Labute approximate surface area is 178 Å². The van der Waals surface area contributed by atoms with Crippen molar-refractivity contribution in [2.75, 3.05) is 0 Å². The van der Waals surface area contributed by atoms with Crippen LogP contribution in [0.2, 0.25) is 10.0 Å². The Morgan fingerprint density at radius 2 is 1.90 bits per heavy atom. The van der Waals surface area contributed by atoms with Crippen LogP contribution in [0.5, 0.6) is 5.88 Å². The number of hydrogen-bond donors (Lipinski definition) is 3. The monoisotopic (exact) mass is 447 g/mol. The van der Waals surface area contributed by atoms with Gasteiger partial charge in [-0.2, -0.15) is 0 Å². The Kier molecular flexibility index (Phi) is 4.97. The molecule has 0 amide bonds. The number of aromatic hydroxyl groups is 1. The number of nitrogens with one attached hydrogen (secondary N) is 1. The number of H-pyrrole nitrogens is 1. The lowest BCUT2D eigenvalue weighted by molar-refractivity contribution is -0.139. The number of aromatic amines is 1. The number of carbonyl (C=O) groups is 1. The average Bonchev–Trinajstić information content (AvgIpc) is 3.23. The molecule has 0 saturated heterocycles. The summed E-state index contributed by atoms with van der Waals surface area (Å²) in [6.07, 6.45) is 2.73. The molecule has 1 aliphatic rings. The number of benzene rings is 2. The second-order valence-electron chi connectivity index (χ2n) is 6.45. The fraction of sp³-hybridized carbons (Fsp3) is 0.0500. The number of halogens is 3. The fourth-order valence-corrected chi connectivity index (χ4v) is 3.50. The highest BCUT2D eigenvalue weighted by molar-refractivity contribution is 6.32. The van der Waals surface area contributed by atoms with E-state index in [1.54, 1.807) is 6.07 Å². The maximum absolute atomic E-state index is 14.1. The van der Waals surface area contributed by atoms with Gasteiger partial charge in [-0.15, -0.1) is 0 Å². The van der Waals surface area contributed by atoms with Gasteiger partial charge < -0.3 is 15.2 Å². The molecule has 0 radical (unpaired) electrons. The van der Waals surface area contributed by atoms with Crippen LogP contribution in [-0.2, 0) is 4.79 Å². The van der Waals surface area contributed by atoms with Crippen LogP contribution in [0, 0.1) is 5.82 Å². The number of nitrogens with zero attached hydrogens (tertiary/aromatic N) is 2. The quantitative estimate of drug-likeness (QED) is 0.555. The molecule has 7 nitrogen and oxygen atoms in total. The van der Waals surface area contributed by atoms with Gasteiger partial charge in [0.2, 0.25) is 5.88 Å². The first kappa shape index (κ1) is 19.9. The molecule has 0 spiro atoms. The van der Waals surface area contributed by atoms with E-state index in [9.17, 15) is 24.2 Å². The van der Waals surface area contributed by atoms with E-state index in [0.29, 0.717) is 20.7 Å². The molecule has 0 bridgehead atoms. The first-order chi connectivity index (χ1) is 14.3. The zero-order valence-electron chi connectivity index (χ0n) is 14.9. The van der Waals surface area contributed by atoms with Crippen molar-refractivity contribution in [3.8, 4) is 5.88 Å². The summed E-state index contributed by atoms with van der Waals surface area (Å²) in [7, 11) is 0. The van der Waals surface area contributed by atoms with Crippen LogP contribution in [0.4, 0.5) is 10.1 Å². The van der Waals surface area contributed by atoms with Crippen LogP contribution >= 0.6 is 23.2 Å². The Bertz CT molecular complexity index is 1290. The van der Waals surface area contributed by atoms with Crippen LogP contribution < -0.4 is 5.69 Å². The normalized spacial score (nSPS) is 14.8. The third-order valence-electron chi connectivity index (χ3n) is 4.62. The number of fused-ring (bicyclic) bond motifs is 1. The molecule has 4 rings (SSSR count). The van der Waals surface area contributed by atoms with Gasteiger partial charge in [0, 0.05) is 22.4 Å². The van der Waals surface area contributed by atoms with E-state index < -0.39 is 29.4 Å². The predicted molar refractivity (Wildman–Crippen MR) is 111 cm³/mol. The van der Waals surface area contributed by atoms with Gasteiger partial charge >= 0.3 is 11.7 Å². The summed E-state index contributed by atoms with van der Waals surface area (Å²) in [5, 5.41) is 20.6. The number of allylic oxidation sites excluding steroid dienone is 1. The van der Waals surface area contributed by atoms with Crippen molar-refractivity contribution in [2.45, 2.75) is 6.04 Å². The van der Waals surface area contributed by atoms with Crippen LogP contribution in [0.1, 0.15) is 22.9 Å². The minimum atomic E-state index is -1.49. The largest absolute Gasteiger partial charge is 0.493 e. The first-order valence-corrected chi connectivity index (χ1v) is 9.29. The maximum atomic E-state index is 14.1. The van der Waals surface area contributed by atoms with Crippen molar-refractivity contribution in [2.24, 2.45) is 4.99 Å². The van der Waals surface area contributed by atoms with E-state index in [2.05, 4.69) is 9.98 Å². The highest BCUT2D eigenvalue weighted by Gasteiger charge is 2.28. The molecule has 1 aromatic heterocycles. The summed E-state index contributed by atoms with van der Waals surface area (Å²) in [6.45, 7) is 0. The molecule has 1 aliphatic heterocycles. The van der Waals surface area contributed by atoms with E-state index in [1.165, 1.54) is 42.6 Å². The Hall–Kier alpha value is -3.36. The van der Waals surface area contributed by atoms with Crippen LogP contribution in [0.3, 0.4) is 0 Å². The number of imidazole rings is 1. The van der Waals surface area contributed by atoms with Crippen LogP contribution in [-0.4, -0.2) is 31.9 Å². The number of rotatable bonds is 4. The number of aromatic nitrogens is 2. The Morgan fingerprint density at radius 3 is 2.57 bits per heavy atom. The van der Waals surface area contributed by atoms with Crippen molar-refractivity contribution in [3.63, 3.8) is 0 Å². The lowest BCUT2D eigenvalue weighted by Crippen LogP contribution is -2.28. The molecule has 3 aromatic rings. The summed E-state index contributed by atoms with van der Waals surface area (Å²) in [5.74, 6) is -2.62. The summed E-state index contributed by atoms with van der Waals surface area (Å²) >= 11 is 11.6. The van der Waals surface area contributed by atoms with E-state index in [0.717, 1.165) is 0 Å². The van der Waals surface area contributed by atoms with E-state index in [1.807, 2.05) is 0 Å². The van der Waals surface area contributed by atoms with Crippen LogP contribution in [0.25, 0.3) is 11.6 Å². The summed E-state index contributed by atoms with van der Waals surface area (Å²) < 4.78 is 14.8. The predicted octanol–water partition coefficient (Wildman–Crippen LogP) is 4.26. The molecule has 2 heterocycles. The van der Waals surface area contributed by atoms with Crippen molar-refractivity contribution < 1.29 is 19.4 Å². The summed E-state index contributed by atoms with van der Waals surface area (Å²) in [5.41, 5.74) is 0.218. The van der Waals surface area contributed by atoms with Gasteiger partial charge in [0.05, 0.1) is 5.02 Å². The topological polar surface area (TPSA) is 108 Å². The zero-order chi connectivity index (χ0) is 21.6. The van der Waals surface area contributed by atoms with Gasteiger partial charge in [0.1, 0.15) is 11.4 Å². The highest BCUT2D eigenvalue weighted by Crippen LogP contribution is 2.38. The van der Waals surface area contributed by atoms with Gasteiger partial charge in [0.15, 0.2) is 11.9 Å². The standard InChI is InChI=1S/C20H12Cl2FN3O4/c21-11-3-1-9(2-4-11)17(19(28)29)26-18(27)14(25-20(26)30)7-10-8-24-16-12(10)5-6-13(22)15(16)23/h1-8,17,27H,(H,25,30)(H,28,29). The van der Waals surface area contributed by atoms with Crippen molar-refractivity contribution in [3.05, 3.63) is 79.6 Å². The summed E-state index contributed by atoms with van der Waals surface area (Å²) in [6, 6.07) is 7.30. The molecule has 0 aliphatic carbocycles. The number of carboxylic acids is 1. The van der Waals surface area contributed by atoms with Gasteiger partial charge in [-0.25, -0.2) is 18.5 Å². The average molecular weight is 448 g/mol. The molecule has 30 heavy (non-hydrogen) atoms. The molecule has 1 unspecified atom stereocenters. The number of aliphatic carboxylic acids is 1. The third-order valence-corrected chi connectivity index (χ3v) is 5.16. The molecule has 0 fully saturated rings. The molecule has 1 atom stereocenters. The second kappa shape index (κ2) is 7.47. The Morgan fingerprint density at radius 1 is 1.20 bits per heavy atom. The lowest BCUT2D eigenvalue weighted by Gasteiger charge is -2.14. The van der Waals surface area contributed by atoms with E-state index >= 15 is 0 Å². The lowest BCUT2D eigenvalue weighted by atomic mass is 10.1. The molecule has 2 aromatic carbocycles. The van der Waals surface area contributed by atoms with E-state index in [-0.39, 0.29) is 22.0 Å². The molecule has 10 heteroatoms. The van der Waals surface area contributed by atoms with Gasteiger partial charge in [-0.05, 0) is 29.8 Å². The number of carboxylic acid groups (broad SMARTS) is 1. The third kappa shape index (κ3) is 3.30. The molecular weight excluding hydrogens is 436 g/mol. The fourth-order valence-electron chi connectivity index (χ4n) is 3.22.